The average Bonchev–Trinajstić information content (AvgIpc) is 3.15. The number of nitrogens with zero attached hydrogens (tertiary/aromatic N) is 6. The molecule has 4 rings (SSSR count). The molecule has 0 spiro atoms. The number of aromatic nitrogens is 5. The van der Waals surface area contributed by atoms with E-state index in [4.69, 9.17) is 0 Å². The highest BCUT2D eigenvalue weighted by Gasteiger charge is 2.12. The quantitative estimate of drug-likeness (QED) is 0.804. The summed E-state index contributed by atoms with van der Waals surface area (Å²) >= 11 is 0. The number of fused-ring (bicyclic) bond motifs is 1. The van der Waals surface area contributed by atoms with E-state index in [1.54, 1.807) is 10.9 Å². The molecule has 0 amide bonds. The number of nitrogens with one attached hydrogen (secondary N) is 1. The van der Waals surface area contributed by atoms with Gasteiger partial charge >= 0.3 is 0 Å². The molecule has 22 heavy (non-hydrogen) atoms. The van der Waals surface area contributed by atoms with Crippen LogP contribution in [-0.2, 0) is 7.05 Å². The number of aryl methyl sites for hydroxylation is 1. The van der Waals surface area contributed by atoms with Crippen LogP contribution in [-0.4, -0.2) is 30.4 Å². The zero-order chi connectivity index (χ0) is 14.9. The molecule has 1 aliphatic rings. The SMILES string of the molecule is Cn1cc(-c2cnc3c(NC4=CCCC=N4)nccn23)cn1. The van der Waals surface area contributed by atoms with Gasteiger partial charge in [-0.3, -0.25) is 9.08 Å². The molecule has 0 aromatic carbocycles. The van der Waals surface area contributed by atoms with Crippen molar-refractivity contribution >= 4 is 17.7 Å². The zero-order valence-electron chi connectivity index (χ0n) is 12.1. The zero-order valence-corrected chi connectivity index (χ0v) is 12.1. The number of imidazole rings is 1. The molecule has 4 heterocycles. The monoisotopic (exact) mass is 293 g/mol. The van der Waals surface area contributed by atoms with Gasteiger partial charge in [-0.25, -0.2) is 15.0 Å². The predicted molar refractivity (Wildman–Crippen MR) is 84.6 cm³/mol. The summed E-state index contributed by atoms with van der Waals surface area (Å²) in [5, 5.41) is 7.45. The van der Waals surface area contributed by atoms with E-state index >= 15 is 0 Å². The third kappa shape index (κ3) is 2.16. The summed E-state index contributed by atoms with van der Waals surface area (Å²) < 4.78 is 3.77. The summed E-state index contributed by atoms with van der Waals surface area (Å²) in [6, 6.07) is 0. The Balaban J connectivity index is 1.76. The summed E-state index contributed by atoms with van der Waals surface area (Å²) in [6.45, 7) is 0. The molecule has 0 saturated heterocycles. The molecule has 7 heteroatoms. The Kier molecular flexibility index (Phi) is 2.96. The van der Waals surface area contributed by atoms with Gasteiger partial charge in [-0.15, -0.1) is 0 Å². The minimum atomic E-state index is 0.697. The van der Waals surface area contributed by atoms with Crippen LogP contribution in [0.1, 0.15) is 12.8 Å². The van der Waals surface area contributed by atoms with E-state index in [1.165, 1.54) is 0 Å². The molecular weight excluding hydrogens is 278 g/mol. The first-order valence-electron chi connectivity index (χ1n) is 7.12. The molecule has 0 atom stereocenters. The minimum Gasteiger partial charge on any atom is -0.322 e. The maximum Gasteiger partial charge on any atom is 0.180 e. The van der Waals surface area contributed by atoms with Crippen LogP contribution in [0.25, 0.3) is 16.9 Å². The van der Waals surface area contributed by atoms with Crippen LogP contribution >= 0.6 is 0 Å². The number of hydrogen-bond acceptors (Lipinski definition) is 5. The van der Waals surface area contributed by atoms with Crippen molar-refractivity contribution < 1.29 is 0 Å². The maximum absolute atomic E-state index is 4.49. The molecule has 0 radical (unpaired) electrons. The first-order valence-corrected chi connectivity index (χ1v) is 7.12. The standard InChI is InChI=1S/C15H15N7/c1-21-10-11(8-19-21)12-9-18-15-14(17-6-7-22(12)15)20-13-4-2-3-5-16-13/h4-10H,2-3H2,1H3,(H,17,20). The van der Waals surface area contributed by atoms with Crippen molar-refractivity contribution in [3.63, 3.8) is 0 Å². The fraction of sp³-hybridized carbons (Fsp3) is 0.200. The summed E-state index contributed by atoms with van der Waals surface area (Å²) in [7, 11) is 1.90. The number of anilines is 1. The molecular formula is C15H15N7. The fourth-order valence-electron chi connectivity index (χ4n) is 2.49. The molecule has 0 bridgehead atoms. The fourth-order valence-corrected chi connectivity index (χ4v) is 2.49. The summed E-state index contributed by atoms with van der Waals surface area (Å²) in [5.74, 6) is 1.51. The van der Waals surface area contributed by atoms with Crippen LogP contribution in [0.4, 0.5) is 5.82 Å². The van der Waals surface area contributed by atoms with Crippen LogP contribution in [0.2, 0.25) is 0 Å². The van der Waals surface area contributed by atoms with E-state index < -0.39 is 0 Å². The summed E-state index contributed by atoms with van der Waals surface area (Å²) in [4.78, 5) is 13.2. The van der Waals surface area contributed by atoms with E-state index in [-0.39, 0.29) is 0 Å². The normalized spacial score (nSPS) is 14.3. The highest BCUT2D eigenvalue weighted by molar-refractivity contribution is 5.72. The van der Waals surface area contributed by atoms with Crippen molar-refractivity contribution in [1.29, 1.82) is 0 Å². The van der Waals surface area contributed by atoms with Crippen LogP contribution in [0.5, 0.6) is 0 Å². The number of allylic oxidation sites excluding steroid dienone is 1. The van der Waals surface area contributed by atoms with Crippen molar-refractivity contribution in [3.8, 4) is 11.3 Å². The van der Waals surface area contributed by atoms with Gasteiger partial charge in [-0.2, -0.15) is 5.10 Å². The number of aliphatic imine (C=N–C) groups is 1. The van der Waals surface area contributed by atoms with Gasteiger partial charge < -0.3 is 5.32 Å². The molecule has 1 aliphatic heterocycles. The Hall–Kier alpha value is -2.96. The summed E-state index contributed by atoms with van der Waals surface area (Å²) in [5.41, 5.74) is 2.76. The Morgan fingerprint density at radius 3 is 2.91 bits per heavy atom. The van der Waals surface area contributed by atoms with Crippen molar-refractivity contribution in [3.05, 3.63) is 42.9 Å². The van der Waals surface area contributed by atoms with Gasteiger partial charge in [0.25, 0.3) is 0 Å². The molecule has 110 valence electrons. The minimum absolute atomic E-state index is 0.697. The van der Waals surface area contributed by atoms with Gasteiger partial charge in [-0.05, 0) is 18.9 Å². The van der Waals surface area contributed by atoms with Crippen LogP contribution < -0.4 is 5.32 Å². The lowest BCUT2D eigenvalue weighted by Crippen LogP contribution is -2.04. The number of rotatable bonds is 3. The molecule has 1 N–H and O–H groups in total. The second-order valence-electron chi connectivity index (χ2n) is 5.12. The molecule has 0 aliphatic carbocycles. The Labute approximate surface area is 127 Å². The first kappa shape index (κ1) is 12.8. The van der Waals surface area contributed by atoms with E-state index in [9.17, 15) is 0 Å². The van der Waals surface area contributed by atoms with Crippen molar-refractivity contribution in [2.75, 3.05) is 5.32 Å². The largest absolute Gasteiger partial charge is 0.322 e. The van der Waals surface area contributed by atoms with Crippen LogP contribution in [0.3, 0.4) is 0 Å². The Bertz CT molecular complexity index is 884. The van der Waals surface area contributed by atoms with E-state index in [0.29, 0.717) is 5.82 Å². The molecule has 3 aromatic heterocycles. The highest BCUT2D eigenvalue weighted by atomic mass is 15.2. The van der Waals surface area contributed by atoms with Gasteiger partial charge in [-0.1, -0.05) is 0 Å². The van der Waals surface area contributed by atoms with E-state index in [0.717, 1.165) is 35.6 Å². The van der Waals surface area contributed by atoms with Gasteiger partial charge in [0, 0.05) is 37.4 Å². The number of hydrogen-bond donors (Lipinski definition) is 1. The lowest BCUT2D eigenvalue weighted by Gasteiger charge is -2.09. The lowest BCUT2D eigenvalue weighted by molar-refractivity contribution is 0.768. The second kappa shape index (κ2) is 5.10. The third-order valence-electron chi connectivity index (χ3n) is 3.54. The third-order valence-corrected chi connectivity index (χ3v) is 3.54. The molecule has 0 fully saturated rings. The molecule has 7 nitrogen and oxygen atoms in total. The molecule has 0 unspecified atom stereocenters. The van der Waals surface area contributed by atoms with Crippen LogP contribution in [0.15, 0.2) is 47.9 Å². The Morgan fingerprint density at radius 1 is 1.18 bits per heavy atom. The van der Waals surface area contributed by atoms with Gasteiger partial charge in [0.05, 0.1) is 18.1 Å². The topological polar surface area (TPSA) is 72.4 Å². The van der Waals surface area contributed by atoms with E-state index in [1.807, 2.05) is 42.5 Å². The summed E-state index contributed by atoms with van der Waals surface area (Å²) in [6.07, 6.45) is 15.2. The maximum atomic E-state index is 4.49. The average molecular weight is 293 g/mol. The van der Waals surface area contributed by atoms with Crippen LogP contribution in [0, 0.1) is 0 Å². The highest BCUT2D eigenvalue weighted by Crippen LogP contribution is 2.23. The second-order valence-corrected chi connectivity index (χ2v) is 5.12. The van der Waals surface area contributed by atoms with Crippen molar-refractivity contribution in [2.45, 2.75) is 12.8 Å². The van der Waals surface area contributed by atoms with Gasteiger partial charge in [0.15, 0.2) is 11.5 Å². The molecule has 0 saturated carbocycles. The van der Waals surface area contributed by atoms with E-state index in [2.05, 4.69) is 31.5 Å². The van der Waals surface area contributed by atoms with Gasteiger partial charge in [0.2, 0.25) is 0 Å². The van der Waals surface area contributed by atoms with Gasteiger partial charge in [0.1, 0.15) is 5.82 Å². The predicted octanol–water partition coefficient (Wildman–Crippen LogP) is 2.25. The lowest BCUT2D eigenvalue weighted by atomic mass is 10.3. The Morgan fingerprint density at radius 2 is 2.14 bits per heavy atom. The molecule has 3 aromatic rings. The van der Waals surface area contributed by atoms with Crippen molar-refractivity contribution in [2.24, 2.45) is 12.0 Å². The first-order chi connectivity index (χ1) is 10.8. The smallest absolute Gasteiger partial charge is 0.180 e. The van der Waals surface area contributed by atoms with Crippen molar-refractivity contribution in [1.82, 2.24) is 24.1 Å².